The first-order valence-corrected chi connectivity index (χ1v) is 6.96. The van der Waals surface area contributed by atoms with Gasteiger partial charge in [0.1, 0.15) is 17.8 Å². The predicted octanol–water partition coefficient (Wildman–Crippen LogP) is 1.75. The molecule has 2 heterocycles. The number of nitrogens with zero attached hydrogens (tertiary/aromatic N) is 3. The number of aliphatic hydroxyl groups excluding tert-OH is 1. The van der Waals surface area contributed by atoms with Gasteiger partial charge >= 0.3 is 6.36 Å². The van der Waals surface area contributed by atoms with Crippen LogP contribution in [0, 0.1) is 0 Å². The Balaban J connectivity index is 1.68. The summed E-state index contributed by atoms with van der Waals surface area (Å²) in [6.45, 7) is 0.386. The Kier molecular flexibility index (Phi) is 4.21. The molecule has 0 aliphatic carbocycles. The molecule has 0 saturated carbocycles. The highest BCUT2D eigenvalue weighted by molar-refractivity contribution is 5.67. The summed E-state index contributed by atoms with van der Waals surface area (Å²) >= 11 is 0. The number of hydrogen-bond acceptors (Lipinski definition) is 7. The fourth-order valence-corrected chi connectivity index (χ4v) is 2.17. The zero-order chi connectivity index (χ0) is 17.2. The number of nitrogens with one attached hydrogen (secondary N) is 2. The van der Waals surface area contributed by atoms with Crippen molar-refractivity contribution in [3.05, 3.63) is 48.1 Å². The molecule has 1 aromatic rings. The smallest absolute Gasteiger partial charge is 0.406 e. The van der Waals surface area contributed by atoms with Gasteiger partial charge in [-0.3, -0.25) is 15.9 Å². The number of aliphatic hydroxyl groups is 1. The number of halogens is 3. The fraction of sp³-hybridized carbons (Fsp3) is 0.214. The minimum atomic E-state index is -4.72. The zero-order valence-electron chi connectivity index (χ0n) is 12.3. The average Bonchev–Trinajstić information content (AvgIpc) is 2.92. The molecule has 24 heavy (non-hydrogen) atoms. The van der Waals surface area contributed by atoms with Gasteiger partial charge in [0, 0.05) is 6.20 Å². The SMILES string of the molecule is OCCN1C=C2C(=CN=CN2Nc2ccc(OC(F)(F)F)cc2)N1. The molecule has 10 heteroatoms. The van der Waals surface area contributed by atoms with E-state index in [9.17, 15) is 13.2 Å². The molecule has 0 radical (unpaired) electrons. The molecule has 0 spiro atoms. The molecular formula is C14H14F3N5O2. The molecule has 7 nitrogen and oxygen atoms in total. The Hall–Kier alpha value is -2.88. The third kappa shape index (κ3) is 3.71. The first-order chi connectivity index (χ1) is 11.4. The number of ether oxygens (including phenoxy) is 1. The largest absolute Gasteiger partial charge is 0.573 e. The van der Waals surface area contributed by atoms with E-state index in [1.807, 2.05) is 0 Å². The van der Waals surface area contributed by atoms with E-state index in [-0.39, 0.29) is 12.4 Å². The molecule has 0 atom stereocenters. The van der Waals surface area contributed by atoms with Crippen molar-refractivity contribution in [3.63, 3.8) is 0 Å². The van der Waals surface area contributed by atoms with Gasteiger partial charge in [-0.2, -0.15) is 0 Å². The Morgan fingerprint density at radius 1 is 1.25 bits per heavy atom. The molecular weight excluding hydrogens is 327 g/mol. The monoisotopic (exact) mass is 341 g/mol. The summed E-state index contributed by atoms with van der Waals surface area (Å²) < 4.78 is 40.3. The molecule has 1 aromatic carbocycles. The van der Waals surface area contributed by atoms with Crippen LogP contribution in [-0.4, -0.2) is 41.0 Å². The highest BCUT2D eigenvalue weighted by Gasteiger charge is 2.31. The standard InChI is InChI=1S/C14H14F3N5O2/c15-14(16,17)24-11-3-1-10(2-4-11)19-22-9-18-7-12-13(22)8-21(20-12)5-6-23/h1-4,7-9,19-20,23H,5-6H2. The van der Waals surface area contributed by atoms with Gasteiger partial charge in [-0.05, 0) is 24.3 Å². The van der Waals surface area contributed by atoms with Crippen molar-refractivity contribution in [2.24, 2.45) is 4.99 Å². The van der Waals surface area contributed by atoms with Gasteiger partial charge in [0.25, 0.3) is 0 Å². The van der Waals surface area contributed by atoms with E-state index >= 15 is 0 Å². The normalized spacial score (nSPS) is 16.3. The van der Waals surface area contributed by atoms with Gasteiger partial charge in [-0.15, -0.1) is 13.2 Å². The maximum atomic E-state index is 12.2. The van der Waals surface area contributed by atoms with Crippen LogP contribution in [0.2, 0.25) is 0 Å². The summed E-state index contributed by atoms with van der Waals surface area (Å²) in [6, 6.07) is 5.35. The second-order valence-corrected chi connectivity index (χ2v) is 4.90. The molecule has 0 unspecified atom stereocenters. The van der Waals surface area contributed by atoms with E-state index in [1.54, 1.807) is 22.4 Å². The summed E-state index contributed by atoms with van der Waals surface area (Å²) in [4.78, 5) is 4.07. The fourth-order valence-electron chi connectivity index (χ4n) is 2.17. The van der Waals surface area contributed by atoms with E-state index in [0.29, 0.717) is 12.2 Å². The Labute approximate surface area is 135 Å². The molecule has 0 bridgehead atoms. The maximum Gasteiger partial charge on any atom is 0.573 e. The van der Waals surface area contributed by atoms with E-state index in [1.165, 1.54) is 30.6 Å². The predicted molar refractivity (Wildman–Crippen MR) is 80.2 cm³/mol. The van der Waals surface area contributed by atoms with Crippen LogP contribution in [0.3, 0.4) is 0 Å². The van der Waals surface area contributed by atoms with E-state index < -0.39 is 6.36 Å². The number of alkyl halides is 3. The lowest BCUT2D eigenvalue weighted by atomic mass is 10.3. The average molecular weight is 341 g/mol. The van der Waals surface area contributed by atoms with Crippen LogP contribution in [0.15, 0.2) is 53.1 Å². The molecule has 3 rings (SSSR count). The van der Waals surface area contributed by atoms with Crippen LogP contribution < -0.4 is 15.6 Å². The van der Waals surface area contributed by atoms with Crippen molar-refractivity contribution in [1.29, 1.82) is 0 Å². The van der Waals surface area contributed by atoms with Gasteiger partial charge < -0.3 is 9.84 Å². The van der Waals surface area contributed by atoms with Crippen molar-refractivity contribution in [2.45, 2.75) is 6.36 Å². The third-order valence-electron chi connectivity index (χ3n) is 3.14. The van der Waals surface area contributed by atoms with Crippen LogP contribution >= 0.6 is 0 Å². The highest BCUT2D eigenvalue weighted by Crippen LogP contribution is 2.26. The molecule has 0 saturated heterocycles. The number of rotatable bonds is 5. The Morgan fingerprint density at radius 3 is 2.67 bits per heavy atom. The van der Waals surface area contributed by atoms with Gasteiger partial charge in [-0.25, -0.2) is 10.0 Å². The van der Waals surface area contributed by atoms with Crippen LogP contribution in [0.25, 0.3) is 0 Å². The molecule has 2 aliphatic rings. The molecule has 0 amide bonds. The lowest BCUT2D eigenvalue weighted by Gasteiger charge is -2.24. The van der Waals surface area contributed by atoms with Crippen molar-refractivity contribution >= 4 is 12.0 Å². The third-order valence-corrected chi connectivity index (χ3v) is 3.14. The number of aliphatic imine (C=N–C) groups is 1. The first kappa shape index (κ1) is 16.0. The number of benzene rings is 1. The number of hydrogen-bond donors (Lipinski definition) is 3. The minimum Gasteiger partial charge on any atom is -0.406 e. The van der Waals surface area contributed by atoms with Gasteiger partial charge in [0.05, 0.1) is 30.7 Å². The van der Waals surface area contributed by atoms with Crippen LogP contribution in [0.5, 0.6) is 5.75 Å². The lowest BCUT2D eigenvalue weighted by Crippen LogP contribution is -2.33. The Bertz CT molecular complexity index is 685. The molecule has 2 aliphatic heterocycles. The lowest BCUT2D eigenvalue weighted by molar-refractivity contribution is -0.274. The van der Waals surface area contributed by atoms with Crippen molar-refractivity contribution in [3.8, 4) is 5.75 Å². The highest BCUT2D eigenvalue weighted by atomic mass is 19.4. The zero-order valence-corrected chi connectivity index (χ0v) is 12.3. The van der Waals surface area contributed by atoms with E-state index in [4.69, 9.17) is 5.11 Å². The second kappa shape index (κ2) is 6.32. The minimum absolute atomic E-state index is 0.0149. The van der Waals surface area contributed by atoms with E-state index in [2.05, 4.69) is 20.6 Å². The molecule has 128 valence electrons. The summed E-state index contributed by atoms with van der Waals surface area (Å²) in [5, 5.41) is 12.3. The molecule has 0 fully saturated rings. The number of hydrazine groups is 2. The van der Waals surface area contributed by atoms with E-state index in [0.717, 1.165) is 11.4 Å². The second-order valence-electron chi connectivity index (χ2n) is 4.90. The van der Waals surface area contributed by atoms with Crippen LogP contribution in [-0.2, 0) is 0 Å². The van der Waals surface area contributed by atoms with Crippen LogP contribution in [0.1, 0.15) is 0 Å². The maximum absolute atomic E-state index is 12.2. The van der Waals surface area contributed by atoms with Gasteiger partial charge in [0.15, 0.2) is 0 Å². The number of anilines is 1. The summed E-state index contributed by atoms with van der Waals surface area (Å²) in [6.07, 6.45) is 0.216. The summed E-state index contributed by atoms with van der Waals surface area (Å²) in [5.74, 6) is -0.295. The molecule has 0 aromatic heterocycles. The first-order valence-electron chi connectivity index (χ1n) is 6.96. The van der Waals surface area contributed by atoms with Crippen molar-refractivity contribution in [1.82, 2.24) is 15.4 Å². The van der Waals surface area contributed by atoms with Crippen LogP contribution in [0.4, 0.5) is 18.9 Å². The molecule has 3 N–H and O–H groups in total. The van der Waals surface area contributed by atoms with Gasteiger partial charge in [0.2, 0.25) is 0 Å². The number of fused-ring (bicyclic) bond motifs is 1. The van der Waals surface area contributed by atoms with Gasteiger partial charge in [-0.1, -0.05) is 0 Å². The van der Waals surface area contributed by atoms with Crippen molar-refractivity contribution < 1.29 is 23.0 Å². The topological polar surface area (TPSA) is 72.4 Å². The summed E-state index contributed by atoms with van der Waals surface area (Å²) in [5.41, 5.74) is 8.10. The Morgan fingerprint density at radius 2 is 2.00 bits per heavy atom. The van der Waals surface area contributed by atoms with Crippen molar-refractivity contribution in [2.75, 3.05) is 18.6 Å². The summed E-state index contributed by atoms with van der Waals surface area (Å²) in [7, 11) is 0. The quantitative estimate of drug-likeness (QED) is 0.758. The number of β-amino-alcohol motifs (C(OH)–C–C–N with tert-alkyl or cyclic N) is 1.